The summed E-state index contributed by atoms with van der Waals surface area (Å²) in [5, 5.41) is 0. The van der Waals surface area contributed by atoms with Crippen LogP contribution in [0, 0.1) is 0 Å². The zero-order chi connectivity index (χ0) is 20.1. The molecule has 2 aromatic rings. The number of rotatable bonds is 9. The van der Waals surface area contributed by atoms with Crippen LogP contribution in [0.2, 0.25) is 0 Å². The Kier molecular flexibility index (Phi) is 7.02. The van der Waals surface area contributed by atoms with Gasteiger partial charge in [0.25, 0.3) is 0 Å². The predicted molar refractivity (Wildman–Crippen MR) is 109 cm³/mol. The van der Waals surface area contributed by atoms with E-state index >= 15 is 0 Å². The zero-order valence-electron chi connectivity index (χ0n) is 16.5. The third-order valence-electron chi connectivity index (χ3n) is 5.79. The summed E-state index contributed by atoms with van der Waals surface area (Å²) in [4.78, 5) is 18.9. The smallest absolute Gasteiger partial charge is 0.222 e. The number of carbonyl (C=O) groups excluding carboxylic acids is 1. The van der Waals surface area contributed by atoms with Gasteiger partial charge in [0.2, 0.25) is 5.91 Å². The molecule has 1 N–H and O–H groups in total. The molecule has 152 valence electrons. The zero-order valence-corrected chi connectivity index (χ0v) is 17.3. The fourth-order valence-electron chi connectivity index (χ4n) is 4.17. The molecule has 7 heteroatoms. The van der Waals surface area contributed by atoms with E-state index in [0.29, 0.717) is 11.3 Å². The molecule has 1 amide bonds. The maximum atomic E-state index is 12.2. The largest absolute Gasteiger partial charge is 0.340 e. The van der Waals surface area contributed by atoms with E-state index in [2.05, 4.69) is 28.3 Å². The first-order valence-electron chi connectivity index (χ1n) is 9.97. The second-order valence-electron chi connectivity index (χ2n) is 7.61. The standard InChI is InChI=1S/C21H29N3O3S/c1-3-18(24-11-4-5-21(24)25)14-19(23-12-10-22-15-23)13-16(2)17-6-8-20(9-7-17)28(26)27/h6-10,12,15-16,18-19H,3-5,11,13-14H2,1-2H3,(H,26,27). The Morgan fingerprint density at radius 3 is 2.50 bits per heavy atom. The van der Waals surface area contributed by atoms with Gasteiger partial charge in [-0.2, -0.15) is 0 Å². The van der Waals surface area contributed by atoms with E-state index in [4.69, 9.17) is 0 Å². The van der Waals surface area contributed by atoms with Gasteiger partial charge in [-0.15, -0.1) is 0 Å². The molecule has 28 heavy (non-hydrogen) atoms. The Morgan fingerprint density at radius 2 is 1.96 bits per heavy atom. The summed E-state index contributed by atoms with van der Waals surface area (Å²) in [6, 6.07) is 7.77. The third-order valence-corrected chi connectivity index (χ3v) is 6.46. The molecule has 1 aromatic carbocycles. The van der Waals surface area contributed by atoms with Gasteiger partial charge in [0, 0.05) is 37.4 Å². The van der Waals surface area contributed by atoms with Gasteiger partial charge in [-0.05, 0) is 49.3 Å². The van der Waals surface area contributed by atoms with Crippen LogP contribution in [-0.4, -0.2) is 41.7 Å². The average molecular weight is 404 g/mol. The highest BCUT2D eigenvalue weighted by Crippen LogP contribution is 2.32. The van der Waals surface area contributed by atoms with Crippen molar-refractivity contribution in [1.82, 2.24) is 14.5 Å². The summed E-state index contributed by atoms with van der Waals surface area (Å²) in [6.45, 7) is 5.19. The lowest BCUT2D eigenvalue weighted by molar-refractivity contribution is -0.130. The topological polar surface area (TPSA) is 75.4 Å². The van der Waals surface area contributed by atoms with Crippen molar-refractivity contribution < 1.29 is 13.6 Å². The molecule has 1 aliphatic rings. The Balaban J connectivity index is 1.74. The van der Waals surface area contributed by atoms with Crippen molar-refractivity contribution in [3.63, 3.8) is 0 Å². The Bertz CT molecular complexity index is 792. The molecule has 1 fully saturated rings. The molecule has 1 aromatic heterocycles. The Morgan fingerprint density at radius 1 is 1.21 bits per heavy atom. The van der Waals surface area contributed by atoms with E-state index in [-0.39, 0.29) is 23.9 Å². The monoisotopic (exact) mass is 403 g/mol. The number of likely N-dealkylation sites (tertiary alicyclic amines) is 1. The minimum absolute atomic E-state index is 0.238. The van der Waals surface area contributed by atoms with Crippen LogP contribution in [-0.2, 0) is 15.9 Å². The van der Waals surface area contributed by atoms with Gasteiger partial charge < -0.3 is 14.0 Å². The van der Waals surface area contributed by atoms with Gasteiger partial charge in [-0.1, -0.05) is 26.0 Å². The van der Waals surface area contributed by atoms with Gasteiger partial charge in [0.05, 0.1) is 11.2 Å². The molecule has 0 saturated carbocycles. The summed E-state index contributed by atoms with van der Waals surface area (Å²) in [7, 11) is 0. The number of carbonyl (C=O) groups is 1. The lowest BCUT2D eigenvalue weighted by Crippen LogP contribution is -2.37. The third kappa shape index (κ3) is 4.89. The van der Waals surface area contributed by atoms with Gasteiger partial charge in [-0.3, -0.25) is 4.79 Å². The van der Waals surface area contributed by atoms with E-state index in [0.717, 1.165) is 37.8 Å². The highest BCUT2D eigenvalue weighted by molar-refractivity contribution is 7.79. The second-order valence-corrected chi connectivity index (χ2v) is 8.58. The minimum atomic E-state index is -1.95. The lowest BCUT2D eigenvalue weighted by atomic mass is 9.90. The van der Waals surface area contributed by atoms with Crippen molar-refractivity contribution in [2.45, 2.75) is 68.8 Å². The number of benzene rings is 1. The maximum Gasteiger partial charge on any atom is 0.222 e. The van der Waals surface area contributed by atoms with Crippen molar-refractivity contribution in [3.05, 3.63) is 48.5 Å². The van der Waals surface area contributed by atoms with Crippen LogP contribution < -0.4 is 0 Å². The van der Waals surface area contributed by atoms with Crippen LogP contribution in [0.1, 0.15) is 63.5 Å². The van der Waals surface area contributed by atoms with Gasteiger partial charge in [0.15, 0.2) is 11.1 Å². The quantitative estimate of drug-likeness (QED) is 0.643. The summed E-state index contributed by atoms with van der Waals surface area (Å²) in [5.74, 6) is 0.553. The van der Waals surface area contributed by atoms with Crippen molar-refractivity contribution in [2.75, 3.05) is 6.54 Å². The molecule has 0 radical (unpaired) electrons. The highest BCUT2D eigenvalue weighted by Gasteiger charge is 2.29. The van der Waals surface area contributed by atoms with Gasteiger partial charge >= 0.3 is 0 Å². The first-order chi connectivity index (χ1) is 13.5. The molecule has 0 spiro atoms. The lowest BCUT2D eigenvalue weighted by Gasteiger charge is -2.32. The molecular weight excluding hydrogens is 374 g/mol. The van der Waals surface area contributed by atoms with Crippen LogP contribution >= 0.6 is 0 Å². The maximum absolute atomic E-state index is 12.2. The van der Waals surface area contributed by atoms with E-state index in [1.165, 1.54) is 0 Å². The molecule has 4 atom stereocenters. The molecule has 2 heterocycles. The Labute approximate surface area is 169 Å². The van der Waals surface area contributed by atoms with Crippen LogP contribution in [0.5, 0.6) is 0 Å². The van der Waals surface area contributed by atoms with Crippen LogP contribution in [0.25, 0.3) is 0 Å². The average Bonchev–Trinajstić information content (AvgIpc) is 3.37. The van der Waals surface area contributed by atoms with E-state index in [9.17, 15) is 13.6 Å². The van der Waals surface area contributed by atoms with Crippen LogP contribution in [0.4, 0.5) is 0 Å². The van der Waals surface area contributed by atoms with Gasteiger partial charge in [-0.25, -0.2) is 9.19 Å². The Hall–Kier alpha value is -1.99. The van der Waals surface area contributed by atoms with Crippen LogP contribution in [0.15, 0.2) is 47.9 Å². The van der Waals surface area contributed by atoms with Crippen molar-refractivity contribution in [1.29, 1.82) is 0 Å². The molecule has 0 bridgehead atoms. The first kappa shape index (κ1) is 20.7. The number of aromatic nitrogens is 2. The SMILES string of the molecule is CCC(CC(CC(C)c1ccc(S(=O)O)cc1)n1ccnc1)N1CCCC1=O. The number of hydrogen-bond donors (Lipinski definition) is 1. The van der Waals surface area contributed by atoms with Crippen molar-refractivity contribution in [2.24, 2.45) is 0 Å². The number of imidazole rings is 1. The summed E-state index contributed by atoms with van der Waals surface area (Å²) in [6.07, 6.45) is 10.0. The molecule has 4 unspecified atom stereocenters. The highest BCUT2D eigenvalue weighted by atomic mass is 32.2. The van der Waals surface area contributed by atoms with E-state index in [1.54, 1.807) is 18.3 Å². The fraction of sp³-hybridized carbons (Fsp3) is 0.524. The van der Waals surface area contributed by atoms with Crippen molar-refractivity contribution in [3.8, 4) is 0 Å². The molecule has 6 nitrogen and oxygen atoms in total. The minimum Gasteiger partial charge on any atom is -0.340 e. The number of amides is 1. The first-order valence-corrected chi connectivity index (χ1v) is 11.1. The molecule has 1 saturated heterocycles. The van der Waals surface area contributed by atoms with E-state index in [1.807, 2.05) is 24.7 Å². The van der Waals surface area contributed by atoms with Crippen molar-refractivity contribution >= 4 is 17.0 Å². The molecule has 0 aliphatic carbocycles. The normalized spacial score (nSPS) is 18.8. The second kappa shape index (κ2) is 9.47. The molecule has 1 aliphatic heterocycles. The number of hydrogen-bond acceptors (Lipinski definition) is 3. The predicted octanol–water partition coefficient (Wildman–Crippen LogP) is 3.99. The summed E-state index contributed by atoms with van der Waals surface area (Å²) < 4.78 is 22.5. The summed E-state index contributed by atoms with van der Waals surface area (Å²) in [5.41, 5.74) is 1.14. The van der Waals surface area contributed by atoms with E-state index < -0.39 is 11.1 Å². The fourth-order valence-corrected chi connectivity index (χ4v) is 4.53. The molecule has 3 rings (SSSR count). The van der Waals surface area contributed by atoms with Gasteiger partial charge in [0.1, 0.15) is 0 Å². The van der Waals surface area contributed by atoms with Crippen LogP contribution in [0.3, 0.4) is 0 Å². The number of nitrogens with zero attached hydrogens (tertiary/aromatic N) is 3. The molecular formula is C21H29N3O3S. The summed E-state index contributed by atoms with van der Waals surface area (Å²) >= 11 is -1.95.